The molecule has 1 rings (SSSR count). The number of hydrogen-bond donors (Lipinski definition) is 1. The maximum atomic E-state index is 11.1. The highest BCUT2D eigenvalue weighted by Crippen LogP contribution is 2.20. The van der Waals surface area contributed by atoms with Gasteiger partial charge in [0, 0.05) is 34.9 Å². The van der Waals surface area contributed by atoms with Gasteiger partial charge >= 0.3 is 0 Å². The van der Waals surface area contributed by atoms with Crippen molar-refractivity contribution in [1.82, 2.24) is 10.2 Å². The second-order valence-electron chi connectivity index (χ2n) is 3.40. The van der Waals surface area contributed by atoms with Gasteiger partial charge in [0.05, 0.1) is 5.69 Å². The lowest BCUT2D eigenvalue weighted by Gasteiger charge is -2.10. The number of nitrogens with zero attached hydrogens (tertiary/aromatic N) is 2. The van der Waals surface area contributed by atoms with Crippen LogP contribution in [0.25, 0.3) is 0 Å². The molecule has 4 nitrogen and oxygen atoms in total. The molecular formula is C9H13Cl2N3OS. The minimum atomic E-state index is -0.805. The van der Waals surface area contributed by atoms with E-state index in [-0.39, 0.29) is 10.4 Å². The molecule has 1 aromatic heterocycles. The monoisotopic (exact) mass is 281 g/mol. The molecule has 2 unspecified atom stereocenters. The van der Waals surface area contributed by atoms with E-state index in [0.717, 1.165) is 6.42 Å². The van der Waals surface area contributed by atoms with Crippen LogP contribution in [-0.2, 0) is 10.8 Å². The van der Waals surface area contributed by atoms with E-state index in [4.69, 9.17) is 23.2 Å². The maximum absolute atomic E-state index is 11.1. The number of rotatable bonds is 5. The number of halogens is 2. The summed E-state index contributed by atoms with van der Waals surface area (Å²) in [5.74, 6) is 0. The number of anilines is 1. The molecule has 1 heterocycles. The second kappa shape index (κ2) is 6.37. The SMILES string of the molecule is CC(CCNc1cc(Cl)nnc1Cl)S(C)=O. The van der Waals surface area contributed by atoms with Crippen molar-refractivity contribution in [2.75, 3.05) is 18.1 Å². The third-order valence-electron chi connectivity index (χ3n) is 2.15. The van der Waals surface area contributed by atoms with Crippen molar-refractivity contribution in [1.29, 1.82) is 0 Å². The van der Waals surface area contributed by atoms with Crippen LogP contribution in [-0.4, -0.2) is 32.5 Å². The Morgan fingerprint density at radius 3 is 2.81 bits per heavy atom. The molecule has 1 aromatic rings. The predicted molar refractivity (Wildman–Crippen MR) is 68.7 cm³/mol. The number of aromatic nitrogens is 2. The first-order valence-corrected chi connectivity index (χ1v) is 7.13. The Balaban J connectivity index is 2.48. The Hall–Kier alpha value is -0.390. The average molecular weight is 282 g/mol. The molecule has 0 bridgehead atoms. The van der Waals surface area contributed by atoms with Crippen LogP contribution in [0.3, 0.4) is 0 Å². The van der Waals surface area contributed by atoms with Gasteiger partial charge in [-0.2, -0.15) is 0 Å². The molecule has 90 valence electrons. The maximum Gasteiger partial charge on any atom is 0.174 e. The van der Waals surface area contributed by atoms with Crippen LogP contribution in [0.4, 0.5) is 5.69 Å². The van der Waals surface area contributed by atoms with Crippen LogP contribution >= 0.6 is 23.2 Å². The number of nitrogens with one attached hydrogen (secondary N) is 1. The molecule has 0 aliphatic rings. The summed E-state index contributed by atoms with van der Waals surface area (Å²) in [6, 6.07) is 1.62. The fourth-order valence-electron chi connectivity index (χ4n) is 1.05. The van der Waals surface area contributed by atoms with Gasteiger partial charge in [-0.1, -0.05) is 30.1 Å². The molecule has 0 radical (unpaired) electrons. The fraction of sp³-hybridized carbons (Fsp3) is 0.556. The molecule has 0 amide bonds. The third kappa shape index (κ3) is 4.23. The summed E-state index contributed by atoms with van der Waals surface area (Å²) in [6.45, 7) is 2.61. The molecule has 1 N–H and O–H groups in total. The van der Waals surface area contributed by atoms with E-state index in [9.17, 15) is 4.21 Å². The van der Waals surface area contributed by atoms with Crippen molar-refractivity contribution in [3.63, 3.8) is 0 Å². The average Bonchev–Trinajstić information content (AvgIpc) is 2.22. The van der Waals surface area contributed by atoms with Gasteiger partial charge in [-0.3, -0.25) is 4.21 Å². The molecule has 0 aliphatic heterocycles. The van der Waals surface area contributed by atoms with Gasteiger partial charge in [0.15, 0.2) is 10.3 Å². The minimum Gasteiger partial charge on any atom is -0.382 e. The van der Waals surface area contributed by atoms with Gasteiger partial charge in [0.1, 0.15) is 0 Å². The van der Waals surface area contributed by atoms with E-state index in [1.54, 1.807) is 12.3 Å². The lowest BCUT2D eigenvalue weighted by atomic mass is 10.3. The van der Waals surface area contributed by atoms with E-state index >= 15 is 0 Å². The van der Waals surface area contributed by atoms with Gasteiger partial charge in [0.2, 0.25) is 0 Å². The molecule has 0 fully saturated rings. The summed E-state index contributed by atoms with van der Waals surface area (Å²) in [6.07, 6.45) is 2.49. The molecule has 16 heavy (non-hydrogen) atoms. The van der Waals surface area contributed by atoms with Gasteiger partial charge in [-0.05, 0) is 6.42 Å². The van der Waals surface area contributed by atoms with Crippen molar-refractivity contribution in [2.24, 2.45) is 0 Å². The Morgan fingerprint density at radius 1 is 1.50 bits per heavy atom. The smallest absolute Gasteiger partial charge is 0.174 e. The van der Waals surface area contributed by atoms with Crippen LogP contribution in [0.1, 0.15) is 13.3 Å². The van der Waals surface area contributed by atoms with E-state index < -0.39 is 10.8 Å². The second-order valence-corrected chi connectivity index (χ2v) is 5.94. The molecule has 0 saturated carbocycles. The summed E-state index contributed by atoms with van der Waals surface area (Å²) in [5, 5.41) is 11.1. The van der Waals surface area contributed by atoms with Crippen molar-refractivity contribution in [2.45, 2.75) is 18.6 Å². The van der Waals surface area contributed by atoms with Crippen LogP contribution < -0.4 is 5.32 Å². The molecule has 0 aliphatic carbocycles. The number of hydrogen-bond acceptors (Lipinski definition) is 4. The standard InChI is InChI=1S/C9H13Cl2N3OS/c1-6(16(2)15)3-4-12-7-5-8(10)13-14-9(7)11/h5-6H,3-4H2,1-2H3,(H,12,13). The Kier molecular flexibility index (Phi) is 5.44. The lowest BCUT2D eigenvalue weighted by molar-refractivity contribution is 0.672. The van der Waals surface area contributed by atoms with E-state index in [2.05, 4.69) is 15.5 Å². The molecular weight excluding hydrogens is 269 g/mol. The first-order chi connectivity index (χ1) is 7.50. The molecule has 2 atom stereocenters. The Bertz CT molecular complexity index is 389. The Morgan fingerprint density at radius 2 is 2.19 bits per heavy atom. The van der Waals surface area contributed by atoms with E-state index in [1.807, 2.05) is 6.92 Å². The van der Waals surface area contributed by atoms with Crippen LogP contribution in [0.2, 0.25) is 10.3 Å². The first-order valence-electron chi connectivity index (χ1n) is 4.75. The quantitative estimate of drug-likeness (QED) is 0.900. The van der Waals surface area contributed by atoms with Crippen LogP contribution in [0, 0.1) is 0 Å². The van der Waals surface area contributed by atoms with Crippen LogP contribution in [0.5, 0.6) is 0 Å². The van der Waals surface area contributed by atoms with E-state index in [0.29, 0.717) is 17.4 Å². The van der Waals surface area contributed by atoms with Gasteiger partial charge < -0.3 is 5.32 Å². The highest BCUT2D eigenvalue weighted by Gasteiger charge is 2.07. The lowest BCUT2D eigenvalue weighted by Crippen LogP contribution is -2.15. The van der Waals surface area contributed by atoms with Gasteiger partial charge in [-0.15, -0.1) is 10.2 Å². The summed E-state index contributed by atoms with van der Waals surface area (Å²) < 4.78 is 11.1. The predicted octanol–water partition coefficient (Wildman–Crippen LogP) is 2.35. The zero-order valence-electron chi connectivity index (χ0n) is 9.04. The van der Waals surface area contributed by atoms with Gasteiger partial charge in [0.25, 0.3) is 0 Å². The third-order valence-corrected chi connectivity index (χ3v) is 3.98. The zero-order chi connectivity index (χ0) is 12.1. The van der Waals surface area contributed by atoms with E-state index in [1.165, 1.54) is 0 Å². The van der Waals surface area contributed by atoms with Crippen LogP contribution in [0.15, 0.2) is 6.07 Å². The Labute approximate surface area is 107 Å². The molecule has 7 heteroatoms. The topological polar surface area (TPSA) is 54.9 Å². The van der Waals surface area contributed by atoms with Gasteiger partial charge in [-0.25, -0.2) is 0 Å². The molecule has 0 saturated heterocycles. The van der Waals surface area contributed by atoms with Crippen molar-refractivity contribution >= 4 is 39.7 Å². The summed E-state index contributed by atoms with van der Waals surface area (Å²) in [7, 11) is -0.805. The normalized spacial score (nSPS) is 14.5. The summed E-state index contributed by atoms with van der Waals surface area (Å²) in [5.41, 5.74) is 0.649. The highest BCUT2D eigenvalue weighted by molar-refractivity contribution is 7.84. The minimum absolute atomic E-state index is 0.150. The fourth-order valence-corrected chi connectivity index (χ4v) is 1.81. The highest BCUT2D eigenvalue weighted by atomic mass is 35.5. The molecule has 0 aromatic carbocycles. The largest absolute Gasteiger partial charge is 0.382 e. The molecule has 0 spiro atoms. The van der Waals surface area contributed by atoms with Crippen molar-refractivity contribution in [3.8, 4) is 0 Å². The first kappa shape index (κ1) is 13.7. The summed E-state index contributed by atoms with van der Waals surface area (Å²) in [4.78, 5) is 0. The summed E-state index contributed by atoms with van der Waals surface area (Å²) >= 11 is 11.5. The zero-order valence-corrected chi connectivity index (χ0v) is 11.4. The van der Waals surface area contributed by atoms with Crippen molar-refractivity contribution < 1.29 is 4.21 Å². The van der Waals surface area contributed by atoms with Crippen molar-refractivity contribution in [3.05, 3.63) is 16.4 Å².